The van der Waals surface area contributed by atoms with E-state index in [1.54, 1.807) is 12.1 Å². The second-order valence-electron chi connectivity index (χ2n) is 3.61. The highest BCUT2D eigenvalue weighted by Crippen LogP contribution is 2.35. The van der Waals surface area contributed by atoms with Gasteiger partial charge in [-0.15, -0.1) is 0 Å². The van der Waals surface area contributed by atoms with Crippen molar-refractivity contribution in [3.63, 3.8) is 0 Å². The summed E-state index contributed by atoms with van der Waals surface area (Å²) in [5.41, 5.74) is 2.30. The van der Waals surface area contributed by atoms with Gasteiger partial charge < -0.3 is 5.11 Å². The minimum atomic E-state index is -1.03. The van der Waals surface area contributed by atoms with Crippen LogP contribution in [0.5, 0.6) is 0 Å². The molecule has 0 fully saturated rings. The fourth-order valence-electron chi connectivity index (χ4n) is 1.57. The molecule has 2 rings (SSSR count). The van der Waals surface area contributed by atoms with Gasteiger partial charge in [0.25, 0.3) is 0 Å². The van der Waals surface area contributed by atoms with Gasteiger partial charge in [0, 0.05) is 0 Å². The predicted molar refractivity (Wildman–Crippen MR) is 75.3 cm³/mol. The molecule has 0 bridgehead atoms. The van der Waals surface area contributed by atoms with E-state index in [1.807, 2.05) is 65.1 Å². The Labute approximate surface area is 110 Å². The summed E-state index contributed by atoms with van der Waals surface area (Å²) in [6.07, 6.45) is 0. The maximum atomic E-state index is 10.5. The topological polar surface area (TPSA) is 20.2 Å². The zero-order valence-corrected chi connectivity index (χ0v) is 10.8. The number of halogens is 1. The average Bonchev–Trinajstić information content (AvgIpc) is 2.30. The van der Waals surface area contributed by atoms with E-state index in [2.05, 4.69) is 0 Å². The van der Waals surface area contributed by atoms with Gasteiger partial charge in [-0.1, -0.05) is 60.1 Å². The van der Waals surface area contributed by atoms with E-state index in [9.17, 15) is 5.11 Å². The highest BCUT2D eigenvalue weighted by Gasteiger charge is 2.27. The Hall–Kier alpha value is -0.805. The normalized spacial score (nSPS) is 14.4. The standard InChI is InChI=1S/C13H10BIO/c14-12-8-4-7-11(9-12)13(15,16)10-5-2-1-3-6-10/h1-9,16H. The summed E-state index contributed by atoms with van der Waals surface area (Å²) in [5, 5.41) is 10.5. The highest BCUT2D eigenvalue weighted by atomic mass is 127. The van der Waals surface area contributed by atoms with Crippen LogP contribution in [0.25, 0.3) is 0 Å². The van der Waals surface area contributed by atoms with E-state index in [1.165, 1.54) is 0 Å². The van der Waals surface area contributed by atoms with Gasteiger partial charge >= 0.3 is 0 Å². The summed E-state index contributed by atoms with van der Waals surface area (Å²) in [6, 6.07) is 16.9. The van der Waals surface area contributed by atoms with Gasteiger partial charge in [-0.2, -0.15) is 0 Å². The molecule has 0 aromatic heterocycles. The Bertz CT molecular complexity index is 482. The van der Waals surface area contributed by atoms with Crippen molar-refractivity contribution in [3.05, 3.63) is 65.7 Å². The molecule has 0 saturated heterocycles. The van der Waals surface area contributed by atoms with Crippen LogP contribution in [0.15, 0.2) is 54.6 Å². The van der Waals surface area contributed by atoms with Crippen LogP contribution in [-0.4, -0.2) is 13.0 Å². The van der Waals surface area contributed by atoms with E-state index in [0.29, 0.717) is 5.46 Å². The number of alkyl halides is 1. The van der Waals surface area contributed by atoms with Crippen molar-refractivity contribution in [1.82, 2.24) is 0 Å². The Kier molecular flexibility index (Phi) is 3.35. The average molecular weight is 320 g/mol. The first-order valence-corrected chi connectivity index (χ1v) is 6.01. The molecule has 0 spiro atoms. The maximum absolute atomic E-state index is 10.5. The molecule has 2 radical (unpaired) electrons. The molecule has 0 heterocycles. The number of aliphatic hydroxyl groups is 1. The van der Waals surface area contributed by atoms with Gasteiger partial charge in [-0.3, -0.25) is 0 Å². The van der Waals surface area contributed by atoms with Gasteiger partial charge in [-0.05, 0) is 33.7 Å². The van der Waals surface area contributed by atoms with Crippen molar-refractivity contribution in [3.8, 4) is 0 Å². The molecule has 0 aliphatic rings. The maximum Gasteiger partial charge on any atom is 0.166 e. The Morgan fingerprint density at radius 1 is 0.938 bits per heavy atom. The number of rotatable bonds is 2. The minimum Gasteiger partial charge on any atom is -0.371 e. The molecule has 1 unspecified atom stereocenters. The summed E-state index contributed by atoms with van der Waals surface area (Å²) < 4.78 is -1.03. The first-order chi connectivity index (χ1) is 7.60. The summed E-state index contributed by atoms with van der Waals surface area (Å²) >= 11 is 2.02. The van der Waals surface area contributed by atoms with Gasteiger partial charge in [0.15, 0.2) is 3.61 Å². The molecule has 0 aliphatic heterocycles. The zero-order valence-electron chi connectivity index (χ0n) is 8.60. The largest absolute Gasteiger partial charge is 0.371 e. The fraction of sp³-hybridized carbons (Fsp3) is 0.0769. The first-order valence-electron chi connectivity index (χ1n) is 4.93. The molecule has 0 saturated carbocycles. The third kappa shape index (κ3) is 2.30. The van der Waals surface area contributed by atoms with E-state index < -0.39 is 3.61 Å². The van der Waals surface area contributed by atoms with E-state index in [4.69, 9.17) is 7.85 Å². The van der Waals surface area contributed by atoms with Crippen LogP contribution in [0.3, 0.4) is 0 Å². The molecular formula is C13H10BIO. The van der Waals surface area contributed by atoms with Crippen molar-refractivity contribution >= 4 is 35.9 Å². The van der Waals surface area contributed by atoms with Crippen LogP contribution in [0, 0.1) is 0 Å². The van der Waals surface area contributed by atoms with E-state index >= 15 is 0 Å². The van der Waals surface area contributed by atoms with Gasteiger partial charge in [-0.25, -0.2) is 0 Å². The van der Waals surface area contributed by atoms with Crippen LogP contribution in [0.1, 0.15) is 11.1 Å². The van der Waals surface area contributed by atoms with Gasteiger partial charge in [0.1, 0.15) is 7.85 Å². The van der Waals surface area contributed by atoms with Crippen molar-refractivity contribution in [2.45, 2.75) is 3.61 Å². The highest BCUT2D eigenvalue weighted by molar-refractivity contribution is 14.1. The lowest BCUT2D eigenvalue weighted by Gasteiger charge is -2.22. The first kappa shape index (κ1) is 11.7. The van der Waals surface area contributed by atoms with E-state index in [0.717, 1.165) is 11.1 Å². The smallest absolute Gasteiger partial charge is 0.166 e. The SMILES string of the molecule is [B]c1cccc(C(O)(I)c2ccccc2)c1. The lowest BCUT2D eigenvalue weighted by Crippen LogP contribution is -2.20. The van der Waals surface area contributed by atoms with Crippen LogP contribution in [0.2, 0.25) is 0 Å². The second-order valence-corrected chi connectivity index (χ2v) is 5.17. The lowest BCUT2D eigenvalue weighted by atomic mass is 9.91. The zero-order chi connectivity index (χ0) is 11.6. The molecule has 2 aromatic carbocycles. The quantitative estimate of drug-likeness (QED) is 0.511. The van der Waals surface area contributed by atoms with Crippen LogP contribution < -0.4 is 5.46 Å². The Balaban J connectivity index is 2.47. The van der Waals surface area contributed by atoms with Crippen LogP contribution in [0.4, 0.5) is 0 Å². The molecule has 16 heavy (non-hydrogen) atoms. The predicted octanol–water partition coefficient (Wildman–Crippen LogP) is 2.11. The summed E-state index contributed by atoms with van der Waals surface area (Å²) in [5.74, 6) is 0. The monoisotopic (exact) mass is 320 g/mol. The summed E-state index contributed by atoms with van der Waals surface area (Å²) in [4.78, 5) is 0. The van der Waals surface area contributed by atoms with Crippen LogP contribution >= 0.6 is 22.6 Å². The van der Waals surface area contributed by atoms with Crippen molar-refractivity contribution in [2.24, 2.45) is 0 Å². The molecule has 78 valence electrons. The van der Waals surface area contributed by atoms with Crippen LogP contribution in [-0.2, 0) is 3.61 Å². The molecule has 1 nitrogen and oxygen atoms in total. The molecule has 3 heteroatoms. The van der Waals surface area contributed by atoms with Crippen molar-refractivity contribution in [2.75, 3.05) is 0 Å². The Morgan fingerprint density at radius 2 is 1.56 bits per heavy atom. The third-order valence-electron chi connectivity index (χ3n) is 2.43. The third-order valence-corrected chi connectivity index (χ3v) is 3.67. The summed E-state index contributed by atoms with van der Waals surface area (Å²) in [6.45, 7) is 0. The Morgan fingerprint density at radius 3 is 2.19 bits per heavy atom. The fourth-order valence-corrected chi connectivity index (χ4v) is 2.27. The molecule has 2 aromatic rings. The minimum absolute atomic E-state index is 0.656. The molecular weight excluding hydrogens is 310 g/mol. The second kappa shape index (κ2) is 4.59. The molecule has 0 amide bonds. The number of hydrogen-bond acceptors (Lipinski definition) is 1. The van der Waals surface area contributed by atoms with Crippen molar-refractivity contribution < 1.29 is 5.11 Å². The van der Waals surface area contributed by atoms with Gasteiger partial charge in [0.2, 0.25) is 0 Å². The van der Waals surface area contributed by atoms with E-state index in [-0.39, 0.29) is 0 Å². The lowest BCUT2D eigenvalue weighted by molar-refractivity contribution is 0.200. The van der Waals surface area contributed by atoms with Gasteiger partial charge in [0.05, 0.1) is 0 Å². The summed E-state index contributed by atoms with van der Waals surface area (Å²) in [7, 11) is 5.72. The molecule has 1 N–H and O–H groups in total. The number of benzene rings is 2. The molecule has 0 aliphatic carbocycles. The number of hydrogen-bond donors (Lipinski definition) is 1. The van der Waals surface area contributed by atoms with Crippen molar-refractivity contribution in [1.29, 1.82) is 0 Å². The molecule has 1 atom stereocenters.